The molecule has 4 N–H and O–H groups in total. The highest BCUT2D eigenvalue weighted by molar-refractivity contribution is 5.86. The SMILES string of the molecule is CCCCCCCCCCCCNC(=O)[C@@H](NC(=O)OCc1ccccc1)[C@H](O[C@@H]1O[C@H](CNC(=O)OC(C)(C)C)[C@H]2OC(CC)(CC)O[C@@H]12)[C@H]1O[C@@H](n2ccc(=O)[nH]c2=O)[C@@H]2OC(C)(C)O[C@H]12. The first-order chi connectivity index (χ1) is 32.4. The van der Waals surface area contributed by atoms with Crippen molar-refractivity contribution in [1.82, 2.24) is 25.5 Å². The third-order valence-electron chi connectivity index (χ3n) is 12.6. The summed E-state index contributed by atoms with van der Waals surface area (Å²) in [4.78, 5) is 69.4. The number of ether oxygens (including phenoxy) is 9. The Morgan fingerprint density at radius 1 is 0.779 bits per heavy atom. The summed E-state index contributed by atoms with van der Waals surface area (Å²) in [5, 5.41) is 8.57. The molecular weight excluding hydrogens is 883 g/mol. The zero-order valence-electron chi connectivity index (χ0n) is 41.1. The molecule has 4 fully saturated rings. The molecule has 10 atom stereocenters. The maximum absolute atomic E-state index is 14.8. The van der Waals surface area contributed by atoms with E-state index in [1.54, 1.807) is 46.8 Å². The van der Waals surface area contributed by atoms with Crippen LogP contribution in [-0.2, 0) is 54.0 Å². The third-order valence-corrected chi connectivity index (χ3v) is 12.6. The van der Waals surface area contributed by atoms with E-state index >= 15 is 0 Å². The van der Waals surface area contributed by atoms with E-state index in [4.69, 9.17) is 42.6 Å². The minimum Gasteiger partial charge on any atom is -0.445 e. The van der Waals surface area contributed by atoms with Crippen LogP contribution in [0.5, 0.6) is 0 Å². The number of alkyl carbamates (subject to hydrolysis) is 2. The zero-order chi connectivity index (χ0) is 49.1. The first-order valence-corrected chi connectivity index (χ1v) is 24.7. The van der Waals surface area contributed by atoms with Gasteiger partial charge in [-0.1, -0.05) is 109 Å². The van der Waals surface area contributed by atoms with E-state index in [1.807, 2.05) is 32.0 Å². The topological polar surface area (TPSA) is 225 Å². The summed E-state index contributed by atoms with van der Waals surface area (Å²) < 4.78 is 58.7. The maximum atomic E-state index is 14.8. The molecule has 3 amide bonds. The number of unbranched alkanes of at least 4 members (excludes halogenated alkanes) is 9. The van der Waals surface area contributed by atoms with Crippen molar-refractivity contribution < 1.29 is 57.0 Å². The number of aromatic nitrogens is 2. The van der Waals surface area contributed by atoms with Gasteiger partial charge in [-0.2, -0.15) is 0 Å². The minimum absolute atomic E-state index is 0.0483. The fraction of sp³-hybridized carbons (Fsp3) is 0.735. The van der Waals surface area contributed by atoms with Crippen LogP contribution >= 0.6 is 0 Å². The van der Waals surface area contributed by atoms with Crippen molar-refractivity contribution in [2.45, 2.75) is 218 Å². The Morgan fingerprint density at radius 2 is 1.43 bits per heavy atom. The number of hydrogen-bond acceptors (Lipinski definition) is 14. The number of fused-ring (bicyclic) bond motifs is 2. The standard InChI is InChI=1S/C49H75N5O14/c1-9-12-13-14-15-16-17-18-19-23-27-50-41(56)34(53-46(59)60-30-31-24-21-20-22-25-31)36(37-38-39(65-48(7,8)64-38)42(62-37)54-28-26-33(55)52-44(54)57)63-43-40-35(66-49(10-2,11-3)67-40)32(61-43)29-51-45(58)68-47(4,5)6/h20-22,24-26,28,32,34-40,42-43H,9-19,23,27,29-30H2,1-8H3,(H,50,56)(H,51,58)(H,53,59)(H,52,55,57)/t32-,34+,35-,36+,37-,38-,39-,40-,42-,43+/m1/s1. The van der Waals surface area contributed by atoms with Gasteiger partial charge in [0.15, 0.2) is 24.1 Å². The second kappa shape index (κ2) is 24.0. The van der Waals surface area contributed by atoms with Crippen molar-refractivity contribution in [2.75, 3.05) is 13.1 Å². The van der Waals surface area contributed by atoms with Crippen LogP contribution in [0.25, 0.3) is 0 Å². The predicted molar refractivity (Wildman–Crippen MR) is 248 cm³/mol. The molecule has 0 saturated carbocycles. The summed E-state index contributed by atoms with van der Waals surface area (Å²) in [6, 6.07) is 8.74. The number of benzene rings is 1. The average molecular weight is 958 g/mol. The van der Waals surface area contributed by atoms with Gasteiger partial charge in [0.25, 0.3) is 5.56 Å². The highest BCUT2D eigenvalue weighted by Gasteiger charge is 2.63. The van der Waals surface area contributed by atoms with Crippen LogP contribution in [0.2, 0.25) is 0 Å². The molecule has 380 valence electrons. The number of amides is 3. The summed E-state index contributed by atoms with van der Waals surface area (Å²) in [5.41, 5.74) is -1.42. The number of nitrogens with one attached hydrogen (secondary N) is 4. The Labute approximate surface area is 399 Å². The summed E-state index contributed by atoms with van der Waals surface area (Å²) in [6.07, 6.45) is 2.11. The molecule has 68 heavy (non-hydrogen) atoms. The zero-order valence-corrected chi connectivity index (χ0v) is 41.1. The van der Waals surface area contributed by atoms with Gasteiger partial charge < -0.3 is 58.6 Å². The van der Waals surface area contributed by atoms with E-state index in [-0.39, 0.29) is 13.2 Å². The van der Waals surface area contributed by atoms with Gasteiger partial charge in [0, 0.05) is 25.4 Å². The minimum atomic E-state index is -1.53. The normalized spacial score (nSPS) is 26.6. The molecule has 0 spiro atoms. The summed E-state index contributed by atoms with van der Waals surface area (Å²) in [7, 11) is 0. The number of rotatable bonds is 24. The van der Waals surface area contributed by atoms with Gasteiger partial charge in [-0.25, -0.2) is 14.4 Å². The van der Waals surface area contributed by atoms with Crippen molar-refractivity contribution in [3.63, 3.8) is 0 Å². The van der Waals surface area contributed by atoms with Gasteiger partial charge in [-0.15, -0.1) is 0 Å². The molecule has 0 aliphatic carbocycles. The van der Waals surface area contributed by atoms with Crippen LogP contribution in [0.3, 0.4) is 0 Å². The fourth-order valence-electron chi connectivity index (χ4n) is 9.18. The molecule has 1 aromatic heterocycles. The highest BCUT2D eigenvalue weighted by atomic mass is 16.8. The number of carbonyl (C=O) groups is 3. The van der Waals surface area contributed by atoms with Gasteiger partial charge in [0.2, 0.25) is 5.91 Å². The Kier molecular flexibility index (Phi) is 18.7. The first kappa shape index (κ1) is 53.0. The van der Waals surface area contributed by atoms with E-state index in [0.29, 0.717) is 25.8 Å². The van der Waals surface area contributed by atoms with Crippen molar-refractivity contribution in [2.24, 2.45) is 0 Å². The van der Waals surface area contributed by atoms with Crippen LogP contribution in [-0.4, -0.2) is 113 Å². The molecule has 4 aliphatic heterocycles. The van der Waals surface area contributed by atoms with Crippen molar-refractivity contribution >= 4 is 18.1 Å². The van der Waals surface area contributed by atoms with Crippen LogP contribution in [0, 0.1) is 0 Å². The van der Waals surface area contributed by atoms with Gasteiger partial charge >= 0.3 is 17.9 Å². The van der Waals surface area contributed by atoms with E-state index < -0.39 is 108 Å². The molecular formula is C49H75N5O14. The predicted octanol–water partition coefficient (Wildman–Crippen LogP) is 6.22. The Bertz CT molecular complexity index is 2050. The first-order valence-electron chi connectivity index (χ1n) is 24.7. The second-order valence-electron chi connectivity index (χ2n) is 19.5. The van der Waals surface area contributed by atoms with Crippen molar-refractivity contribution in [3.8, 4) is 0 Å². The maximum Gasteiger partial charge on any atom is 0.408 e. The lowest BCUT2D eigenvalue weighted by atomic mass is 9.98. The Morgan fingerprint density at radius 3 is 2.07 bits per heavy atom. The lowest BCUT2D eigenvalue weighted by molar-refractivity contribution is -0.274. The number of H-pyrrole nitrogens is 1. The smallest absolute Gasteiger partial charge is 0.408 e. The number of nitrogens with zero attached hydrogens (tertiary/aromatic N) is 1. The monoisotopic (exact) mass is 958 g/mol. The number of hydrogen-bond donors (Lipinski definition) is 4. The van der Waals surface area contributed by atoms with Gasteiger partial charge in [0.1, 0.15) is 61.0 Å². The van der Waals surface area contributed by atoms with Crippen molar-refractivity contribution in [3.05, 3.63) is 69.0 Å². The van der Waals surface area contributed by atoms with E-state index in [2.05, 4.69) is 27.9 Å². The number of carbonyl (C=O) groups excluding carboxylic acids is 3. The summed E-state index contributed by atoms with van der Waals surface area (Å²) in [6.45, 7) is 14.9. The molecule has 5 heterocycles. The van der Waals surface area contributed by atoms with Crippen LogP contribution < -0.4 is 27.2 Å². The molecule has 19 nitrogen and oxygen atoms in total. The van der Waals surface area contributed by atoms with Crippen LogP contribution in [0.4, 0.5) is 9.59 Å². The third kappa shape index (κ3) is 14.1. The summed E-state index contributed by atoms with van der Waals surface area (Å²) in [5.74, 6) is -2.84. The van der Waals surface area contributed by atoms with E-state index in [9.17, 15) is 24.0 Å². The highest BCUT2D eigenvalue weighted by Crippen LogP contribution is 2.47. The molecule has 19 heteroatoms. The Balaban J connectivity index is 1.32. The molecule has 6 rings (SSSR count). The largest absolute Gasteiger partial charge is 0.445 e. The molecule has 2 aromatic rings. The van der Waals surface area contributed by atoms with Crippen LogP contribution in [0.1, 0.15) is 144 Å². The van der Waals surface area contributed by atoms with E-state index in [1.165, 1.54) is 55.4 Å². The lowest BCUT2D eigenvalue weighted by Crippen LogP contribution is -2.61. The molecule has 1 aromatic carbocycles. The second-order valence-corrected chi connectivity index (χ2v) is 19.5. The number of aromatic amines is 1. The quantitative estimate of drug-likeness (QED) is 0.0858. The van der Waals surface area contributed by atoms with Gasteiger partial charge in [-0.3, -0.25) is 19.1 Å². The van der Waals surface area contributed by atoms with Crippen LogP contribution in [0.15, 0.2) is 52.2 Å². The van der Waals surface area contributed by atoms with E-state index in [0.717, 1.165) is 24.8 Å². The van der Waals surface area contributed by atoms with Gasteiger partial charge in [-0.05, 0) is 59.4 Å². The van der Waals surface area contributed by atoms with Crippen molar-refractivity contribution in [1.29, 1.82) is 0 Å². The molecule has 0 radical (unpaired) electrons. The lowest BCUT2D eigenvalue weighted by Gasteiger charge is -2.36. The average Bonchev–Trinajstić information content (AvgIpc) is 4.02. The fourth-order valence-corrected chi connectivity index (χ4v) is 9.18. The van der Waals surface area contributed by atoms with Gasteiger partial charge in [0.05, 0.1) is 0 Å². The molecule has 0 unspecified atom stereocenters. The molecule has 4 aliphatic rings. The molecule has 4 saturated heterocycles. The summed E-state index contributed by atoms with van der Waals surface area (Å²) >= 11 is 0. The Hall–Kier alpha value is -4.37. The molecule has 0 bridgehead atoms.